The van der Waals surface area contributed by atoms with Gasteiger partial charge in [0.15, 0.2) is 0 Å². The third kappa shape index (κ3) is 5.69. The molecule has 0 N–H and O–H groups in total. The van der Waals surface area contributed by atoms with Crippen LogP contribution in [-0.4, -0.2) is 12.8 Å². The molecule has 0 saturated carbocycles. The SMILES string of the molecule is CCOc1ccc(-c2ccc(Cc3cc(F)c(/C=C/C(F)(F)F)c(F)c3)cc2)cc1. The van der Waals surface area contributed by atoms with Crippen molar-refractivity contribution in [2.45, 2.75) is 19.5 Å². The quantitative estimate of drug-likeness (QED) is 0.385. The first kappa shape index (κ1) is 21.6. The summed E-state index contributed by atoms with van der Waals surface area (Å²) in [4.78, 5) is 0. The van der Waals surface area contributed by atoms with Crippen molar-refractivity contribution in [3.8, 4) is 16.9 Å². The first-order chi connectivity index (χ1) is 14.2. The Morgan fingerprint density at radius 1 is 0.800 bits per heavy atom. The van der Waals surface area contributed by atoms with Gasteiger partial charge in [0, 0.05) is 11.6 Å². The molecule has 0 aliphatic carbocycles. The van der Waals surface area contributed by atoms with Gasteiger partial charge >= 0.3 is 6.18 Å². The van der Waals surface area contributed by atoms with E-state index in [1.165, 1.54) is 0 Å². The largest absolute Gasteiger partial charge is 0.494 e. The summed E-state index contributed by atoms with van der Waals surface area (Å²) >= 11 is 0. The number of benzene rings is 3. The monoisotopic (exact) mass is 418 g/mol. The van der Waals surface area contributed by atoms with Gasteiger partial charge in [-0.3, -0.25) is 0 Å². The van der Waals surface area contributed by atoms with E-state index in [0.29, 0.717) is 18.2 Å². The lowest BCUT2D eigenvalue weighted by atomic mass is 9.99. The van der Waals surface area contributed by atoms with E-state index in [0.717, 1.165) is 34.6 Å². The van der Waals surface area contributed by atoms with Crippen LogP contribution < -0.4 is 4.74 Å². The highest BCUT2D eigenvalue weighted by Crippen LogP contribution is 2.25. The number of ether oxygens (including phenoxy) is 1. The number of allylic oxidation sites excluding steroid dienone is 1. The fourth-order valence-electron chi connectivity index (χ4n) is 3.04. The predicted molar refractivity (Wildman–Crippen MR) is 107 cm³/mol. The Labute approximate surface area is 171 Å². The minimum atomic E-state index is -4.64. The zero-order chi connectivity index (χ0) is 21.7. The molecule has 0 bridgehead atoms. The Kier molecular flexibility index (Phi) is 6.55. The summed E-state index contributed by atoms with van der Waals surface area (Å²) in [5.41, 5.74) is 2.43. The summed E-state index contributed by atoms with van der Waals surface area (Å²) in [7, 11) is 0. The van der Waals surface area contributed by atoms with Crippen LogP contribution in [0.5, 0.6) is 5.75 Å². The van der Waals surface area contributed by atoms with Crippen LogP contribution in [0.25, 0.3) is 17.2 Å². The summed E-state index contributed by atoms with van der Waals surface area (Å²) in [5.74, 6) is -1.27. The van der Waals surface area contributed by atoms with Gasteiger partial charge in [0.25, 0.3) is 0 Å². The molecule has 0 aliphatic rings. The molecule has 156 valence electrons. The zero-order valence-corrected chi connectivity index (χ0v) is 16.1. The first-order valence-corrected chi connectivity index (χ1v) is 9.31. The van der Waals surface area contributed by atoms with Gasteiger partial charge in [0.05, 0.1) is 6.61 Å². The lowest BCUT2D eigenvalue weighted by molar-refractivity contribution is -0.0790. The third-order valence-electron chi connectivity index (χ3n) is 4.44. The van der Waals surface area contributed by atoms with E-state index >= 15 is 0 Å². The molecule has 0 fully saturated rings. The Bertz CT molecular complexity index is 996. The minimum absolute atomic E-state index is 0.187. The highest BCUT2D eigenvalue weighted by atomic mass is 19.4. The Morgan fingerprint density at radius 2 is 1.33 bits per heavy atom. The average Bonchev–Trinajstić information content (AvgIpc) is 2.68. The average molecular weight is 418 g/mol. The molecule has 3 aromatic carbocycles. The predicted octanol–water partition coefficient (Wildman–Crippen LogP) is 7.20. The van der Waals surface area contributed by atoms with E-state index < -0.39 is 23.4 Å². The van der Waals surface area contributed by atoms with Gasteiger partial charge in [-0.05, 0) is 65.9 Å². The molecule has 0 radical (unpaired) electrons. The molecule has 0 heterocycles. The summed E-state index contributed by atoms with van der Waals surface area (Å²) in [6, 6.07) is 17.3. The lowest BCUT2D eigenvalue weighted by Crippen LogP contribution is -2.01. The maximum absolute atomic E-state index is 14.1. The number of rotatable bonds is 6. The van der Waals surface area contributed by atoms with E-state index in [9.17, 15) is 22.0 Å². The Balaban J connectivity index is 1.74. The van der Waals surface area contributed by atoms with E-state index in [1.807, 2.05) is 55.5 Å². The Morgan fingerprint density at radius 3 is 1.83 bits per heavy atom. The molecule has 3 rings (SSSR count). The van der Waals surface area contributed by atoms with Crippen LogP contribution in [0.4, 0.5) is 22.0 Å². The molecule has 3 aromatic rings. The number of hydrogen-bond donors (Lipinski definition) is 0. The van der Waals surface area contributed by atoms with Gasteiger partial charge in [-0.25, -0.2) is 8.78 Å². The zero-order valence-electron chi connectivity index (χ0n) is 16.1. The van der Waals surface area contributed by atoms with Crippen LogP contribution in [0.2, 0.25) is 0 Å². The highest BCUT2D eigenvalue weighted by molar-refractivity contribution is 5.64. The van der Waals surface area contributed by atoms with E-state index in [-0.39, 0.29) is 12.5 Å². The summed E-state index contributed by atoms with van der Waals surface area (Å²) in [6.45, 7) is 2.51. The van der Waals surface area contributed by atoms with Crippen molar-refractivity contribution in [1.29, 1.82) is 0 Å². The molecular weight excluding hydrogens is 399 g/mol. The fraction of sp³-hybridized carbons (Fsp3) is 0.167. The van der Waals surface area contributed by atoms with Gasteiger partial charge in [0.2, 0.25) is 0 Å². The van der Waals surface area contributed by atoms with Crippen molar-refractivity contribution in [2.24, 2.45) is 0 Å². The number of hydrogen-bond acceptors (Lipinski definition) is 1. The van der Waals surface area contributed by atoms with Crippen LogP contribution in [0.1, 0.15) is 23.6 Å². The van der Waals surface area contributed by atoms with Crippen molar-refractivity contribution < 1.29 is 26.7 Å². The van der Waals surface area contributed by atoms with Crippen molar-refractivity contribution in [2.75, 3.05) is 6.61 Å². The van der Waals surface area contributed by atoms with E-state index in [2.05, 4.69) is 0 Å². The molecule has 0 spiro atoms. The summed E-state index contributed by atoms with van der Waals surface area (Å²) in [5, 5.41) is 0. The second-order valence-electron chi connectivity index (χ2n) is 6.68. The highest BCUT2D eigenvalue weighted by Gasteiger charge is 2.22. The van der Waals surface area contributed by atoms with E-state index in [1.54, 1.807) is 0 Å². The number of alkyl halides is 3. The summed E-state index contributed by atoms with van der Waals surface area (Å²) in [6.07, 6.45) is -4.17. The summed E-state index contributed by atoms with van der Waals surface area (Å²) < 4.78 is 70.3. The molecule has 1 nitrogen and oxygen atoms in total. The van der Waals surface area contributed by atoms with Crippen molar-refractivity contribution in [1.82, 2.24) is 0 Å². The lowest BCUT2D eigenvalue weighted by Gasteiger charge is -2.08. The fourth-order valence-corrected chi connectivity index (χ4v) is 3.04. The molecule has 0 aromatic heterocycles. The maximum atomic E-state index is 14.1. The van der Waals surface area contributed by atoms with Crippen LogP contribution >= 0.6 is 0 Å². The van der Waals surface area contributed by atoms with Gasteiger partial charge in [-0.15, -0.1) is 0 Å². The van der Waals surface area contributed by atoms with Crippen LogP contribution in [0, 0.1) is 11.6 Å². The van der Waals surface area contributed by atoms with Crippen LogP contribution in [0.3, 0.4) is 0 Å². The second kappa shape index (κ2) is 9.11. The van der Waals surface area contributed by atoms with Crippen molar-refractivity contribution >= 4 is 6.08 Å². The molecule has 30 heavy (non-hydrogen) atoms. The van der Waals surface area contributed by atoms with Crippen LogP contribution in [-0.2, 0) is 6.42 Å². The van der Waals surface area contributed by atoms with Gasteiger partial charge in [0.1, 0.15) is 17.4 Å². The van der Waals surface area contributed by atoms with Crippen LogP contribution in [0.15, 0.2) is 66.7 Å². The Hall–Kier alpha value is -3.15. The molecule has 0 atom stereocenters. The standard InChI is InChI=1S/C24H19F5O/c1-2-30-20-9-7-19(8-10-20)18-5-3-16(4-6-18)13-17-14-22(25)21(23(26)15-17)11-12-24(27,28)29/h3-12,14-15H,2,13H2,1H3/b12-11+. The second-order valence-corrected chi connectivity index (χ2v) is 6.68. The molecule has 6 heteroatoms. The van der Waals surface area contributed by atoms with Crippen molar-refractivity contribution in [3.63, 3.8) is 0 Å². The molecule has 0 aliphatic heterocycles. The molecule has 0 saturated heterocycles. The number of halogens is 5. The maximum Gasteiger partial charge on any atom is 0.409 e. The van der Waals surface area contributed by atoms with E-state index in [4.69, 9.17) is 4.74 Å². The molecular formula is C24H19F5O. The molecule has 0 amide bonds. The molecule has 0 unspecified atom stereocenters. The third-order valence-corrected chi connectivity index (χ3v) is 4.44. The van der Waals surface area contributed by atoms with Crippen molar-refractivity contribution in [3.05, 3.63) is 95.1 Å². The topological polar surface area (TPSA) is 9.23 Å². The van der Waals surface area contributed by atoms with Gasteiger partial charge in [-0.1, -0.05) is 36.4 Å². The van der Waals surface area contributed by atoms with Gasteiger partial charge < -0.3 is 4.74 Å². The van der Waals surface area contributed by atoms with Gasteiger partial charge in [-0.2, -0.15) is 13.2 Å². The minimum Gasteiger partial charge on any atom is -0.494 e. The first-order valence-electron chi connectivity index (χ1n) is 9.31. The normalized spacial score (nSPS) is 11.8. The smallest absolute Gasteiger partial charge is 0.409 e.